The molecule has 2 unspecified atom stereocenters. The molecule has 0 radical (unpaired) electrons. The van der Waals surface area contributed by atoms with Crippen molar-refractivity contribution in [2.45, 2.75) is 49.6 Å². The quantitative estimate of drug-likeness (QED) is 0.306. The van der Waals surface area contributed by atoms with Crippen LogP contribution >= 0.6 is 11.6 Å². The number of aromatic nitrogens is 4. The molecule has 38 heavy (non-hydrogen) atoms. The number of hydrogen-bond acceptors (Lipinski definition) is 7. The predicted molar refractivity (Wildman–Crippen MR) is 140 cm³/mol. The third-order valence-electron chi connectivity index (χ3n) is 6.54. The van der Waals surface area contributed by atoms with Crippen molar-refractivity contribution in [2.24, 2.45) is 0 Å². The fraction of sp³-hybridized carbons (Fsp3) is 0.280. The van der Waals surface area contributed by atoms with Crippen LogP contribution in [0.4, 0.5) is 15.0 Å². The predicted octanol–water partition coefficient (Wildman–Crippen LogP) is 4.82. The largest absolute Gasteiger partial charge is 0.465 e. The Morgan fingerprint density at radius 1 is 1.13 bits per heavy atom. The highest BCUT2D eigenvalue weighted by atomic mass is 35.5. The van der Waals surface area contributed by atoms with Gasteiger partial charge in [0.15, 0.2) is 23.1 Å². The summed E-state index contributed by atoms with van der Waals surface area (Å²) in [5.41, 5.74) is 1.31. The Balaban J connectivity index is 1.58. The molecule has 0 saturated heterocycles. The first kappa shape index (κ1) is 25.9. The molecule has 3 heterocycles. The fourth-order valence-corrected chi connectivity index (χ4v) is 6.13. The Morgan fingerprint density at radius 3 is 2.55 bits per heavy atom. The number of rotatable bonds is 6. The SMILES string of the molecule is Cc1ccc(S(=O)(=O)n2cc(-c3ncc(F)c(NC4CCCCC4NC(=O)O)n3)c3cc(Cl)cnc32)cc1. The van der Waals surface area contributed by atoms with Gasteiger partial charge in [-0.25, -0.2) is 36.5 Å². The van der Waals surface area contributed by atoms with Gasteiger partial charge in [-0.3, -0.25) is 0 Å². The molecule has 10 nitrogen and oxygen atoms in total. The Bertz CT molecular complexity index is 1630. The summed E-state index contributed by atoms with van der Waals surface area (Å²) < 4.78 is 42.9. The second-order valence-electron chi connectivity index (χ2n) is 9.16. The first-order valence-corrected chi connectivity index (χ1v) is 13.7. The first-order valence-electron chi connectivity index (χ1n) is 11.9. The van der Waals surface area contributed by atoms with E-state index in [2.05, 4.69) is 25.6 Å². The summed E-state index contributed by atoms with van der Waals surface area (Å²) in [5, 5.41) is 15.3. The van der Waals surface area contributed by atoms with Crippen LogP contribution in [0, 0.1) is 12.7 Å². The van der Waals surface area contributed by atoms with Crippen LogP contribution in [0.15, 0.2) is 53.8 Å². The van der Waals surface area contributed by atoms with E-state index in [-0.39, 0.29) is 38.8 Å². The second-order valence-corrected chi connectivity index (χ2v) is 11.4. The highest BCUT2D eigenvalue weighted by Gasteiger charge is 2.29. The summed E-state index contributed by atoms with van der Waals surface area (Å²) in [6.07, 6.45) is 5.45. The molecule has 3 aromatic heterocycles. The number of aryl methyl sites for hydroxylation is 1. The number of fused-ring (bicyclic) bond motifs is 1. The highest BCUT2D eigenvalue weighted by molar-refractivity contribution is 7.90. The van der Waals surface area contributed by atoms with Crippen LogP contribution in [0.1, 0.15) is 31.2 Å². The van der Waals surface area contributed by atoms with Crippen molar-refractivity contribution in [3.05, 3.63) is 65.3 Å². The molecule has 198 valence electrons. The average molecular weight is 559 g/mol. The zero-order valence-corrected chi connectivity index (χ0v) is 21.8. The van der Waals surface area contributed by atoms with E-state index < -0.39 is 28.0 Å². The number of nitrogens with one attached hydrogen (secondary N) is 2. The van der Waals surface area contributed by atoms with Crippen molar-refractivity contribution in [1.29, 1.82) is 0 Å². The van der Waals surface area contributed by atoms with Crippen molar-refractivity contribution in [3.8, 4) is 11.4 Å². The number of nitrogens with zero attached hydrogens (tertiary/aromatic N) is 4. The molecule has 2 atom stereocenters. The lowest BCUT2D eigenvalue weighted by atomic mass is 9.90. The molecule has 3 N–H and O–H groups in total. The zero-order valence-electron chi connectivity index (χ0n) is 20.2. The molecule has 0 aliphatic heterocycles. The standard InChI is InChI=1S/C25H24ClFN6O4S/c1-14-6-8-16(9-7-14)38(36,37)33-13-18(17-10-15(26)11-29-24(17)33)22-28-12-19(27)23(32-22)30-20-4-2-3-5-21(20)31-25(34)35/h6-13,20-21,31H,2-5H2,1H3,(H,34,35)(H,28,30,32). The lowest BCUT2D eigenvalue weighted by molar-refractivity contribution is 0.184. The van der Waals surface area contributed by atoms with Gasteiger partial charge >= 0.3 is 6.09 Å². The highest BCUT2D eigenvalue weighted by Crippen LogP contribution is 2.33. The summed E-state index contributed by atoms with van der Waals surface area (Å²) in [5.74, 6) is -0.781. The number of pyridine rings is 1. The molecule has 1 amide bonds. The van der Waals surface area contributed by atoms with Crippen molar-refractivity contribution in [1.82, 2.24) is 24.2 Å². The Labute approximate surface area is 223 Å². The van der Waals surface area contributed by atoms with Gasteiger partial charge in [-0.05, 0) is 38.0 Å². The van der Waals surface area contributed by atoms with Gasteiger partial charge < -0.3 is 15.7 Å². The summed E-state index contributed by atoms with van der Waals surface area (Å²) >= 11 is 6.19. The molecule has 1 aliphatic carbocycles. The summed E-state index contributed by atoms with van der Waals surface area (Å²) in [6, 6.07) is 7.17. The van der Waals surface area contributed by atoms with Gasteiger partial charge in [0, 0.05) is 29.4 Å². The maximum Gasteiger partial charge on any atom is 0.404 e. The second kappa shape index (κ2) is 10.2. The van der Waals surface area contributed by atoms with Crippen LogP contribution < -0.4 is 10.6 Å². The van der Waals surface area contributed by atoms with Crippen LogP contribution in [0.5, 0.6) is 0 Å². The van der Waals surface area contributed by atoms with E-state index in [1.165, 1.54) is 24.5 Å². The Hall–Kier alpha value is -3.77. The summed E-state index contributed by atoms with van der Waals surface area (Å²) in [4.78, 5) is 24.0. The van der Waals surface area contributed by atoms with Gasteiger partial charge in [-0.2, -0.15) is 0 Å². The van der Waals surface area contributed by atoms with Crippen LogP contribution in [-0.4, -0.2) is 50.6 Å². The molecular weight excluding hydrogens is 535 g/mol. The maximum absolute atomic E-state index is 14.8. The molecule has 13 heteroatoms. The molecule has 1 fully saturated rings. The van der Waals surface area contributed by atoms with Crippen molar-refractivity contribution in [3.63, 3.8) is 0 Å². The molecule has 1 aliphatic rings. The van der Waals surface area contributed by atoms with E-state index in [4.69, 9.17) is 11.6 Å². The normalized spacial score (nSPS) is 17.9. The minimum Gasteiger partial charge on any atom is -0.465 e. The molecule has 5 rings (SSSR count). The van der Waals surface area contributed by atoms with Crippen LogP contribution in [0.25, 0.3) is 22.4 Å². The third kappa shape index (κ3) is 5.01. The number of carbonyl (C=O) groups is 1. The lowest BCUT2D eigenvalue weighted by Crippen LogP contribution is -2.48. The zero-order chi connectivity index (χ0) is 27.0. The summed E-state index contributed by atoms with van der Waals surface area (Å²) in [7, 11) is -4.04. The number of anilines is 1. The van der Waals surface area contributed by atoms with Crippen LogP contribution in [0.2, 0.25) is 5.02 Å². The minimum atomic E-state index is -4.04. The number of amides is 1. The van der Waals surface area contributed by atoms with Crippen molar-refractivity contribution in [2.75, 3.05) is 5.32 Å². The van der Waals surface area contributed by atoms with E-state index in [9.17, 15) is 22.7 Å². The molecule has 0 bridgehead atoms. The Kier molecular flexibility index (Phi) is 6.93. The number of carboxylic acid groups (broad SMARTS) is 1. The van der Waals surface area contributed by atoms with E-state index >= 15 is 0 Å². The van der Waals surface area contributed by atoms with Gasteiger partial charge in [0.05, 0.1) is 22.2 Å². The molecule has 0 spiro atoms. The van der Waals surface area contributed by atoms with Crippen molar-refractivity contribution < 1.29 is 22.7 Å². The smallest absolute Gasteiger partial charge is 0.404 e. The van der Waals surface area contributed by atoms with E-state index in [1.807, 2.05) is 6.92 Å². The van der Waals surface area contributed by atoms with Gasteiger partial charge in [-0.15, -0.1) is 0 Å². The van der Waals surface area contributed by atoms with Gasteiger partial charge in [0.2, 0.25) is 0 Å². The molecule has 4 aromatic rings. The van der Waals surface area contributed by atoms with Gasteiger partial charge in [-0.1, -0.05) is 42.1 Å². The summed E-state index contributed by atoms with van der Waals surface area (Å²) in [6.45, 7) is 1.86. The van der Waals surface area contributed by atoms with Crippen LogP contribution in [-0.2, 0) is 10.0 Å². The fourth-order valence-electron chi connectivity index (χ4n) is 4.65. The van der Waals surface area contributed by atoms with E-state index in [0.717, 1.165) is 28.6 Å². The van der Waals surface area contributed by atoms with Gasteiger partial charge in [0.1, 0.15) is 0 Å². The maximum atomic E-state index is 14.8. The molecular formula is C25H24ClFN6O4S. The number of halogens is 2. The van der Waals surface area contributed by atoms with Crippen molar-refractivity contribution >= 4 is 44.6 Å². The van der Waals surface area contributed by atoms with Gasteiger partial charge in [0.25, 0.3) is 10.0 Å². The molecule has 1 aromatic carbocycles. The number of benzene rings is 1. The molecule has 1 saturated carbocycles. The minimum absolute atomic E-state index is 0.0550. The number of hydrogen-bond donors (Lipinski definition) is 3. The third-order valence-corrected chi connectivity index (χ3v) is 8.41. The lowest BCUT2D eigenvalue weighted by Gasteiger charge is -2.32. The van der Waals surface area contributed by atoms with Crippen LogP contribution in [0.3, 0.4) is 0 Å². The Morgan fingerprint density at radius 2 is 1.84 bits per heavy atom. The monoisotopic (exact) mass is 558 g/mol. The van der Waals surface area contributed by atoms with E-state index in [1.54, 1.807) is 18.2 Å². The first-order chi connectivity index (χ1) is 18.1. The average Bonchev–Trinajstić information content (AvgIpc) is 3.26. The topological polar surface area (TPSA) is 139 Å². The van der Waals surface area contributed by atoms with E-state index in [0.29, 0.717) is 18.2 Å².